The normalized spacial score (nSPS) is 11.6. The molecule has 0 unspecified atom stereocenters. The van der Waals surface area contributed by atoms with Crippen LogP contribution in [0.2, 0.25) is 0 Å². The van der Waals surface area contributed by atoms with Gasteiger partial charge >= 0.3 is 0 Å². The van der Waals surface area contributed by atoms with E-state index >= 15 is 0 Å². The first kappa shape index (κ1) is 50.0. The molecule has 3 heteroatoms. The van der Waals surface area contributed by atoms with Gasteiger partial charge in [0.05, 0.1) is 0 Å². The third kappa shape index (κ3) is 36.4. The van der Waals surface area contributed by atoms with Crippen LogP contribution >= 0.6 is 0 Å². The van der Waals surface area contributed by atoms with Crippen LogP contribution in [0.15, 0.2) is 0 Å². The van der Waals surface area contributed by atoms with Gasteiger partial charge in [-0.25, -0.2) is 15.0 Å². The summed E-state index contributed by atoms with van der Waals surface area (Å²) in [6.07, 6.45) is 61.3. The van der Waals surface area contributed by atoms with Gasteiger partial charge in [-0.1, -0.05) is 265 Å². The van der Waals surface area contributed by atoms with E-state index in [1.54, 1.807) is 0 Å². The fourth-order valence-corrected chi connectivity index (χ4v) is 8.16. The Hall–Kier alpha value is -0.990. The number of nitrogens with zero attached hydrogens (tertiary/aromatic N) is 3. The van der Waals surface area contributed by atoms with E-state index in [4.69, 9.17) is 15.0 Å². The highest BCUT2D eigenvalue weighted by Gasteiger charge is 2.07. The second-order valence-electron chi connectivity index (χ2n) is 17.3. The van der Waals surface area contributed by atoms with Gasteiger partial charge in [0, 0.05) is 19.3 Å². The van der Waals surface area contributed by atoms with Crippen molar-refractivity contribution in [2.24, 2.45) is 0 Å². The summed E-state index contributed by atoms with van der Waals surface area (Å²) in [5, 5.41) is 0. The minimum Gasteiger partial charge on any atom is -0.218 e. The highest BCUT2D eigenvalue weighted by atomic mass is 15.0. The summed E-state index contributed by atoms with van der Waals surface area (Å²) in [5.41, 5.74) is 0. The zero-order valence-corrected chi connectivity index (χ0v) is 37.0. The highest BCUT2D eigenvalue weighted by Crippen LogP contribution is 2.17. The molecule has 0 aliphatic rings. The molecule has 0 amide bonds. The van der Waals surface area contributed by atoms with Gasteiger partial charge in [0.15, 0.2) is 0 Å². The van der Waals surface area contributed by atoms with Crippen molar-refractivity contribution in [2.75, 3.05) is 0 Å². The lowest BCUT2D eigenvalue weighted by Crippen LogP contribution is -2.08. The zero-order valence-electron chi connectivity index (χ0n) is 37.0. The third-order valence-corrected chi connectivity index (χ3v) is 11.8. The molecule has 0 aliphatic carbocycles. The summed E-state index contributed by atoms with van der Waals surface area (Å²) in [5.74, 6) is 3.16. The standard InChI is InChI=1S/C50H97N3/c1-4-7-9-11-13-15-17-19-21-23-25-27-29-31-33-35-37-39-41-43-46-49-51-48(45-6-3)52-50(53-49)47-44-42-40-38-36-34-32-30-28-26-24-22-20-18-16-14-12-10-8-5-2/h4-47H2,1-3H3. The van der Waals surface area contributed by atoms with Crippen LogP contribution in [0, 0.1) is 0 Å². The van der Waals surface area contributed by atoms with Crippen LogP contribution in [-0.4, -0.2) is 15.0 Å². The number of rotatable bonds is 44. The van der Waals surface area contributed by atoms with Crippen LogP contribution in [-0.2, 0) is 19.3 Å². The Bertz CT molecular complexity index is 776. The van der Waals surface area contributed by atoms with E-state index in [9.17, 15) is 0 Å². The van der Waals surface area contributed by atoms with Gasteiger partial charge < -0.3 is 0 Å². The van der Waals surface area contributed by atoms with Gasteiger partial charge in [-0.05, 0) is 19.3 Å². The minimum absolute atomic E-state index is 0.987. The Kier molecular flexibility index (Phi) is 39.8. The van der Waals surface area contributed by atoms with Gasteiger partial charge in [-0.3, -0.25) is 0 Å². The first-order valence-corrected chi connectivity index (χ1v) is 25.0. The molecule has 1 heterocycles. The minimum atomic E-state index is 0.987. The van der Waals surface area contributed by atoms with E-state index < -0.39 is 0 Å². The summed E-state index contributed by atoms with van der Waals surface area (Å²) in [7, 11) is 0. The summed E-state index contributed by atoms with van der Waals surface area (Å²) in [4.78, 5) is 14.6. The SMILES string of the molecule is CCCCCCCCCCCCCCCCCCCCCCc1nc(CCC)nc(CCCCCCCCCCCCCCCCCCCCCC)n1. The Balaban J connectivity index is 1.94. The molecular formula is C50H97N3. The molecular weight excluding hydrogens is 643 g/mol. The molecule has 0 aliphatic heterocycles. The van der Waals surface area contributed by atoms with Crippen molar-refractivity contribution >= 4 is 0 Å². The lowest BCUT2D eigenvalue weighted by atomic mass is 10.0. The molecule has 0 saturated carbocycles. The molecule has 0 radical (unpaired) electrons. The van der Waals surface area contributed by atoms with Crippen LogP contribution in [0.25, 0.3) is 0 Å². The predicted octanol–water partition coefficient (Wildman–Crippen LogP) is 17.6. The predicted molar refractivity (Wildman–Crippen MR) is 237 cm³/mol. The van der Waals surface area contributed by atoms with Crippen molar-refractivity contribution in [1.29, 1.82) is 0 Å². The fourth-order valence-electron chi connectivity index (χ4n) is 8.16. The number of aromatic nitrogens is 3. The van der Waals surface area contributed by atoms with Crippen molar-refractivity contribution < 1.29 is 0 Å². The number of aryl methyl sites for hydroxylation is 3. The Morgan fingerprint density at radius 3 is 0.547 bits per heavy atom. The summed E-state index contributed by atoms with van der Waals surface area (Å²) in [6, 6.07) is 0. The van der Waals surface area contributed by atoms with Crippen molar-refractivity contribution in [1.82, 2.24) is 15.0 Å². The highest BCUT2D eigenvalue weighted by molar-refractivity contribution is 4.98. The van der Waals surface area contributed by atoms with Crippen LogP contribution in [0.5, 0.6) is 0 Å². The van der Waals surface area contributed by atoms with Gasteiger partial charge in [0.2, 0.25) is 0 Å². The summed E-state index contributed by atoms with van der Waals surface area (Å²) in [6.45, 7) is 6.85. The Labute approximate surface area is 334 Å². The van der Waals surface area contributed by atoms with E-state index in [1.807, 2.05) is 0 Å². The van der Waals surface area contributed by atoms with Crippen LogP contribution < -0.4 is 0 Å². The molecule has 1 rings (SSSR count). The van der Waals surface area contributed by atoms with E-state index in [1.165, 1.54) is 257 Å². The van der Waals surface area contributed by atoms with Crippen molar-refractivity contribution in [2.45, 2.75) is 303 Å². The molecule has 0 saturated heterocycles. The van der Waals surface area contributed by atoms with Crippen molar-refractivity contribution in [3.05, 3.63) is 17.5 Å². The monoisotopic (exact) mass is 740 g/mol. The first-order chi connectivity index (χ1) is 26.3. The topological polar surface area (TPSA) is 38.7 Å². The molecule has 312 valence electrons. The lowest BCUT2D eigenvalue weighted by Gasteiger charge is -2.08. The fraction of sp³-hybridized carbons (Fsp3) is 0.940. The molecule has 53 heavy (non-hydrogen) atoms. The summed E-state index contributed by atoms with van der Waals surface area (Å²) < 4.78 is 0. The Morgan fingerprint density at radius 1 is 0.189 bits per heavy atom. The van der Waals surface area contributed by atoms with Crippen LogP contribution in [0.4, 0.5) is 0 Å². The number of hydrogen-bond donors (Lipinski definition) is 0. The number of unbranched alkanes of at least 4 members (excludes halogenated alkanes) is 38. The third-order valence-electron chi connectivity index (χ3n) is 11.8. The quantitative estimate of drug-likeness (QED) is 0.0626. The lowest BCUT2D eigenvalue weighted by molar-refractivity contribution is 0.520. The molecule has 0 N–H and O–H groups in total. The summed E-state index contributed by atoms with van der Waals surface area (Å²) >= 11 is 0. The average molecular weight is 740 g/mol. The van der Waals surface area contributed by atoms with Gasteiger partial charge in [-0.15, -0.1) is 0 Å². The van der Waals surface area contributed by atoms with Gasteiger partial charge in [-0.2, -0.15) is 0 Å². The maximum absolute atomic E-state index is 4.93. The molecule has 1 aromatic heterocycles. The van der Waals surface area contributed by atoms with E-state index in [-0.39, 0.29) is 0 Å². The second kappa shape index (κ2) is 42.2. The molecule has 0 atom stereocenters. The maximum Gasteiger partial charge on any atom is 0.132 e. The van der Waals surface area contributed by atoms with Gasteiger partial charge in [0.1, 0.15) is 17.5 Å². The molecule has 0 aromatic carbocycles. The van der Waals surface area contributed by atoms with Gasteiger partial charge in [0.25, 0.3) is 0 Å². The number of hydrogen-bond acceptors (Lipinski definition) is 3. The van der Waals surface area contributed by atoms with Crippen molar-refractivity contribution in [3.8, 4) is 0 Å². The average Bonchev–Trinajstić information content (AvgIpc) is 3.16. The molecule has 0 spiro atoms. The molecule has 0 fully saturated rings. The van der Waals surface area contributed by atoms with E-state index in [2.05, 4.69) is 20.8 Å². The first-order valence-electron chi connectivity index (χ1n) is 25.0. The van der Waals surface area contributed by atoms with E-state index in [0.717, 1.165) is 43.2 Å². The maximum atomic E-state index is 4.93. The second-order valence-corrected chi connectivity index (χ2v) is 17.3. The van der Waals surface area contributed by atoms with Crippen LogP contribution in [0.1, 0.15) is 301 Å². The van der Waals surface area contributed by atoms with Crippen molar-refractivity contribution in [3.63, 3.8) is 0 Å². The molecule has 0 bridgehead atoms. The van der Waals surface area contributed by atoms with Crippen LogP contribution in [0.3, 0.4) is 0 Å². The largest absolute Gasteiger partial charge is 0.218 e. The smallest absolute Gasteiger partial charge is 0.132 e. The zero-order chi connectivity index (χ0) is 38.0. The molecule has 3 nitrogen and oxygen atoms in total. The van der Waals surface area contributed by atoms with E-state index in [0.29, 0.717) is 0 Å². The molecule has 1 aromatic rings. The Morgan fingerprint density at radius 2 is 0.358 bits per heavy atom.